The van der Waals surface area contributed by atoms with Crippen molar-refractivity contribution in [2.75, 3.05) is 0 Å². The summed E-state index contributed by atoms with van der Waals surface area (Å²) in [6.45, 7) is 7.88. The van der Waals surface area contributed by atoms with Crippen LogP contribution in [0.3, 0.4) is 0 Å². The molecule has 18 heavy (non-hydrogen) atoms. The highest BCUT2D eigenvalue weighted by molar-refractivity contribution is 6.09. The van der Waals surface area contributed by atoms with Gasteiger partial charge in [-0.25, -0.2) is 0 Å². The van der Waals surface area contributed by atoms with Crippen molar-refractivity contribution >= 4 is 5.78 Å². The third kappa shape index (κ3) is 2.48. The number of rotatable bonds is 2. The van der Waals surface area contributed by atoms with Crippen LogP contribution >= 0.6 is 0 Å². The number of hydrogen-bond acceptors (Lipinski definition) is 2. The second-order valence-electron chi connectivity index (χ2n) is 4.77. The topological polar surface area (TPSA) is 30.0 Å². The zero-order valence-corrected chi connectivity index (χ0v) is 11.2. The minimum Gasteiger partial charge on any atom is -0.289 e. The molecule has 0 saturated heterocycles. The standard InChI is InChI=1S/C16H17NO/c1-10-5-6-14(7-11(10)2)16(18)15-8-12(3)17-13(4)9-15/h5-9H,1-4H3. The largest absolute Gasteiger partial charge is 0.289 e. The molecule has 0 aliphatic carbocycles. The molecule has 0 radical (unpaired) electrons. The number of aromatic nitrogens is 1. The predicted molar refractivity (Wildman–Crippen MR) is 73.1 cm³/mol. The smallest absolute Gasteiger partial charge is 0.193 e. The highest BCUT2D eigenvalue weighted by atomic mass is 16.1. The molecule has 0 bridgehead atoms. The first-order valence-electron chi connectivity index (χ1n) is 6.04. The van der Waals surface area contributed by atoms with E-state index in [1.54, 1.807) is 0 Å². The van der Waals surface area contributed by atoms with Crippen LogP contribution in [0.4, 0.5) is 0 Å². The summed E-state index contributed by atoms with van der Waals surface area (Å²) in [5, 5.41) is 0. The van der Waals surface area contributed by atoms with Crippen molar-refractivity contribution in [3.05, 3.63) is 64.0 Å². The van der Waals surface area contributed by atoms with E-state index in [-0.39, 0.29) is 5.78 Å². The van der Waals surface area contributed by atoms with Crippen LogP contribution in [0.25, 0.3) is 0 Å². The summed E-state index contributed by atoms with van der Waals surface area (Å²) in [5.41, 5.74) is 5.55. The van der Waals surface area contributed by atoms with Gasteiger partial charge in [0.05, 0.1) is 0 Å². The van der Waals surface area contributed by atoms with Gasteiger partial charge in [0, 0.05) is 22.5 Å². The lowest BCUT2D eigenvalue weighted by Crippen LogP contribution is -2.04. The van der Waals surface area contributed by atoms with Crippen LogP contribution < -0.4 is 0 Å². The van der Waals surface area contributed by atoms with E-state index >= 15 is 0 Å². The Labute approximate surface area is 108 Å². The molecular weight excluding hydrogens is 222 g/mol. The highest BCUT2D eigenvalue weighted by Crippen LogP contribution is 2.15. The summed E-state index contributed by atoms with van der Waals surface area (Å²) >= 11 is 0. The number of benzene rings is 1. The first-order chi connectivity index (χ1) is 8.47. The molecule has 0 aliphatic heterocycles. The summed E-state index contributed by atoms with van der Waals surface area (Å²) in [4.78, 5) is 16.7. The van der Waals surface area contributed by atoms with E-state index in [9.17, 15) is 4.79 Å². The van der Waals surface area contributed by atoms with E-state index in [2.05, 4.69) is 4.98 Å². The van der Waals surface area contributed by atoms with Gasteiger partial charge in [0.1, 0.15) is 0 Å². The van der Waals surface area contributed by atoms with E-state index in [1.165, 1.54) is 5.56 Å². The number of aryl methyl sites for hydroxylation is 4. The monoisotopic (exact) mass is 239 g/mol. The van der Waals surface area contributed by atoms with Gasteiger partial charge in [-0.15, -0.1) is 0 Å². The molecule has 0 fully saturated rings. The lowest BCUT2D eigenvalue weighted by atomic mass is 9.99. The minimum atomic E-state index is 0.0618. The predicted octanol–water partition coefficient (Wildman–Crippen LogP) is 3.55. The Kier molecular flexibility index (Phi) is 3.28. The summed E-state index contributed by atoms with van der Waals surface area (Å²) < 4.78 is 0. The molecule has 2 heteroatoms. The third-order valence-electron chi connectivity index (χ3n) is 3.11. The van der Waals surface area contributed by atoms with Crippen LogP contribution in [0.15, 0.2) is 30.3 Å². The molecule has 2 aromatic rings. The Morgan fingerprint density at radius 1 is 0.833 bits per heavy atom. The number of nitrogens with zero attached hydrogens (tertiary/aromatic N) is 1. The first-order valence-corrected chi connectivity index (χ1v) is 6.04. The van der Waals surface area contributed by atoms with Gasteiger partial charge < -0.3 is 0 Å². The Balaban J connectivity index is 2.44. The van der Waals surface area contributed by atoms with Crippen LogP contribution in [-0.2, 0) is 0 Å². The van der Waals surface area contributed by atoms with Gasteiger partial charge in [0.2, 0.25) is 0 Å². The SMILES string of the molecule is Cc1cc(C(=O)c2ccc(C)c(C)c2)cc(C)n1. The number of hydrogen-bond donors (Lipinski definition) is 0. The molecule has 1 heterocycles. The lowest BCUT2D eigenvalue weighted by molar-refractivity contribution is 0.103. The molecule has 1 aromatic heterocycles. The molecule has 0 unspecified atom stereocenters. The van der Waals surface area contributed by atoms with Gasteiger partial charge in [-0.05, 0) is 57.0 Å². The van der Waals surface area contributed by atoms with E-state index < -0.39 is 0 Å². The van der Waals surface area contributed by atoms with Crippen molar-refractivity contribution < 1.29 is 4.79 Å². The van der Waals surface area contributed by atoms with Crippen LogP contribution in [0, 0.1) is 27.7 Å². The Bertz CT molecular complexity index is 594. The van der Waals surface area contributed by atoms with E-state index in [4.69, 9.17) is 0 Å². The van der Waals surface area contributed by atoms with Crippen LogP contribution in [0.1, 0.15) is 38.4 Å². The normalized spacial score (nSPS) is 10.4. The van der Waals surface area contributed by atoms with Crippen molar-refractivity contribution in [3.8, 4) is 0 Å². The fourth-order valence-corrected chi connectivity index (χ4v) is 2.01. The average Bonchev–Trinajstić information content (AvgIpc) is 2.30. The maximum absolute atomic E-state index is 12.4. The van der Waals surface area contributed by atoms with Crippen LogP contribution in [0.5, 0.6) is 0 Å². The van der Waals surface area contributed by atoms with Crippen molar-refractivity contribution in [2.45, 2.75) is 27.7 Å². The molecule has 0 spiro atoms. The van der Waals surface area contributed by atoms with Gasteiger partial charge >= 0.3 is 0 Å². The van der Waals surface area contributed by atoms with Gasteiger partial charge in [-0.3, -0.25) is 9.78 Å². The number of carbonyl (C=O) groups excluding carboxylic acids is 1. The summed E-state index contributed by atoms with van der Waals surface area (Å²) in [6, 6.07) is 9.50. The highest BCUT2D eigenvalue weighted by Gasteiger charge is 2.11. The van der Waals surface area contributed by atoms with Gasteiger partial charge in [0.25, 0.3) is 0 Å². The summed E-state index contributed by atoms with van der Waals surface area (Å²) in [6.07, 6.45) is 0. The second-order valence-corrected chi connectivity index (χ2v) is 4.77. The molecule has 92 valence electrons. The van der Waals surface area contributed by atoms with Crippen molar-refractivity contribution in [2.24, 2.45) is 0 Å². The van der Waals surface area contributed by atoms with Gasteiger partial charge in [-0.1, -0.05) is 12.1 Å². The van der Waals surface area contributed by atoms with Crippen LogP contribution in [-0.4, -0.2) is 10.8 Å². The quantitative estimate of drug-likeness (QED) is 0.750. The van der Waals surface area contributed by atoms with Crippen molar-refractivity contribution in [3.63, 3.8) is 0 Å². The zero-order valence-electron chi connectivity index (χ0n) is 11.2. The second kappa shape index (κ2) is 4.73. The molecule has 0 saturated carbocycles. The fourth-order valence-electron chi connectivity index (χ4n) is 2.01. The summed E-state index contributed by atoms with van der Waals surface area (Å²) in [5.74, 6) is 0.0618. The Morgan fingerprint density at radius 2 is 1.44 bits per heavy atom. The van der Waals surface area contributed by atoms with Crippen LogP contribution in [0.2, 0.25) is 0 Å². The zero-order chi connectivity index (χ0) is 13.3. The van der Waals surface area contributed by atoms with E-state index in [1.807, 2.05) is 58.0 Å². The Hall–Kier alpha value is -1.96. The molecule has 0 N–H and O–H groups in total. The molecule has 1 aromatic carbocycles. The van der Waals surface area contributed by atoms with Crippen molar-refractivity contribution in [1.82, 2.24) is 4.98 Å². The lowest BCUT2D eigenvalue weighted by Gasteiger charge is -2.06. The molecular formula is C16H17NO. The number of pyridine rings is 1. The average molecular weight is 239 g/mol. The third-order valence-corrected chi connectivity index (χ3v) is 3.11. The molecule has 0 atom stereocenters. The first kappa shape index (κ1) is 12.5. The maximum Gasteiger partial charge on any atom is 0.193 e. The fraction of sp³-hybridized carbons (Fsp3) is 0.250. The number of ketones is 1. The molecule has 2 rings (SSSR count). The maximum atomic E-state index is 12.4. The minimum absolute atomic E-state index is 0.0618. The van der Waals surface area contributed by atoms with E-state index in [0.29, 0.717) is 5.56 Å². The molecule has 0 amide bonds. The van der Waals surface area contributed by atoms with Gasteiger partial charge in [-0.2, -0.15) is 0 Å². The summed E-state index contributed by atoms with van der Waals surface area (Å²) in [7, 11) is 0. The molecule has 2 nitrogen and oxygen atoms in total. The number of carbonyl (C=O) groups is 1. The molecule has 0 aliphatic rings. The Morgan fingerprint density at radius 3 is 2.00 bits per heavy atom. The van der Waals surface area contributed by atoms with Gasteiger partial charge in [0.15, 0.2) is 5.78 Å². The van der Waals surface area contributed by atoms with E-state index in [0.717, 1.165) is 22.5 Å². The van der Waals surface area contributed by atoms with Crippen molar-refractivity contribution in [1.29, 1.82) is 0 Å².